The molecule has 1 aliphatic carbocycles. The van der Waals surface area contributed by atoms with E-state index in [1.807, 2.05) is 0 Å². The molecule has 2 rings (SSSR count). The van der Waals surface area contributed by atoms with Crippen LogP contribution in [-0.2, 0) is 0 Å². The van der Waals surface area contributed by atoms with Crippen LogP contribution in [0.1, 0.15) is 61.1 Å². The Morgan fingerprint density at radius 3 is 2.53 bits per heavy atom. The molecule has 19 heavy (non-hydrogen) atoms. The first-order valence-electron chi connectivity index (χ1n) is 6.82. The van der Waals surface area contributed by atoms with E-state index >= 15 is 0 Å². The Bertz CT molecular complexity index is 479. The minimum atomic E-state index is -0.735. The Kier molecular flexibility index (Phi) is 4.20. The molecule has 0 radical (unpaired) electrons. The second-order valence-corrected chi connectivity index (χ2v) is 5.21. The molecule has 0 atom stereocenters. The van der Waals surface area contributed by atoms with Gasteiger partial charge in [0.2, 0.25) is 0 Å². The summed E-state index contributed by atoms with van der Waals surface area (Å²) in [7, 11) is 0. The second-order valence-electron chi connectivity index (χ2n) is 5.21. The SMILES string of the molecule is Cc1oncc1C(=O)NC1(C#N)CCCCCCC1. The molecular formula is C14H19N3O2. The lowest BCUT2D eigenvalue weighted by molar-refractivity contribution is 0.0906. The van der Waals surface area contributed by atoms with Gasteiger partial charge in [0.25, 0.3) is 5.91 Å². The predicted octanol–water partition coefficient (Wildman–Crippen LogP) is 2.72. The first-order chi connectivity index (χ1) is 9.17. The van der Waals surface area contributed by atoms with Gasteiger partial charge >= 0.3 is 0 Å². The number of hydrogen-bond acceptors (Lipinski definition) is 4. The van der Waals surface area contributed by atoms with Gasteiger partial charge in [-0.2, -0.15) is 5.26 Å². The van der Waals surface area contributed by atoms with Crippen molar-refractivity contribution in [1.82, 2.24) is 10.5 Å². The van der Waals surface area contributed by atoms with Crippen LogP contribution < -0.4 is 5.32 Å². The molecule has 0 aromatic carbocycles. The van der Waals surface area contributed by atoms with E-state index in [1.165, 1.54) is 12.6 Å². The smallest absolute Gasteiger partial charge is 0.257 e. The van der Waals surface area contributed by atoms with Crippen LogP contribution in [0.15, 0.2) is 10.7 Å². The van der Waals surface area contributed by atoms with E-state index in [0.717, 1.165) is 38.5 Å². The van der Waals surface area contributed by atoms with Crippen LogP contribution in [0.3, 0.4) is 0 Å². The molecule has 5 heteroatoms. The summed E-state index contributed by atoms with van der Waals surface area (Å²) >= 11 is 0. The second kappa shape index (κ2) is 5.87. The summed E-state index contributed by atoms with van der Waals surface area (Å²) in [6.07, 6.45) is 8.29. The van der Waals surface area contributed by atoms with Gasteiger partial charge in [-0.3, -0.25) is 4.79 Å². The van der Waals surface area contributed by atoms with Crippen molar-refractivity contribution in [3.63, 3.8) is 0 Å². The molecule has 1 amide bonds. The van der Waals surface area contributed by atoms with E-state index in [9.17, 15) is 10.1 Å². The number of rotatable bonds is 2. The largest absolute Gasteiger partial charge is 0.361 e. The third-order valence-electron chi connectivity index (χ3n) is 3.77. The van der Waals surface area contributed by atoms with Crippen molar-refractivity contribution in [2.75, 3.05) is 0 Å². The highest BCUT2D eigenvalue weighted by atomic mass is 16.5. The molecule has 0 saturated heterocycles. The summed E-state index contributed by atoms with van der Waals surface area (Å²) in [4.78, 5) is 12.2. The Balaban J connectivity index is 2.11. The molecule has 1 fully saturated rings. The third kappa shape index (κ3) is 3.14. The lowest BCUT2D eigenvalue weighted by Gasteiger charge is -2.29. The Morgan fingerprint density at radius 2 is 2.00 bits per heavy atom. The lowest BCUT2D eigenvalue weighted by atomic mass is 9.85. The van der Waals surface area contributed by atoms with Gasteiger partial charge in [0.1, 0.15) is 16.9 Å². The van der Waals surface area contributed by atoms with Crippen molar-refractivity contribution in [3.05, 3.63) is 17.5 Å². The zero-order valence-corrected chi connectivity index (χ0v) is 11.2. The number of carbonyl (C=O) groups excluding carboxylic acids is 1. The number of nitriles is 1. The van der Waals surface area contributed by atoms with Crippen molar-refractivity contribution in [2.45, 2.75) is 57.4 Å². The van der Waals surface area contributed by atoms with Crippen LogP contribution in [0.4, 0.5) is 0 Å². The van der Waals surface area contributed by atoms with Gasteiger partial charge in [0.15, 0.2) is 0 Å². The topological polar surface area (TPSA) is 78.9 Å². The summed E-state index contributed by atoms with van der Waals surface area (Å²) in [6, 6.07) is 2.31. The summed E-state index contributed by atoms with van der Waals surface area (Å²) in [5.41, 5.74) is -0.321. The van der Waals surface area contributed by atoms with Gasteiger partial charge in [0.05, 0.1) is 12.3 Å². The standard InChI is InChI=1S/C14H19N3O2/c1-11-12(9-16-19-11)13(18)17-14(10-15)7-5-3-2-4-6-8-14/h9H,2-8H2,1H3,(H,17,18). The molecule has 0 aliphatic heterocycles. The maximum absolute atomic E-state index is 12.2. The van der Waals surface area contributed by atoms with Crippen LogP contribution in [0.5, 0.6) is 0 Å². The first kappa shape index (κ1) is 13.6. The molecule has 1 aliphatic rings. The van der Waals surface area contributed by atoms with Crippen molar-refractivity contribution in [3.8, 4) is 6.07 Å². The minimum Gasteiger partial charge on any atom is -0.361 e. The summed E-state index contributed by atoms with van der Waals surface area (Å²) in [5.74, 6) is 0.220. The normalized spacial score (nSPS) is 18.9. The van der Waals surface area contributed by atoms with Crippen LogP contribution in [-0.4, -0.2) is 16.6 Å². The van der Waals surface area contributed by atoms with E-state index < -0.39 is 5.54 Å². The van der Waals surface area contributed by atoms with E-state index in [2.05, 4.69) is 16.5 Å². The number of aryl methyl sites for hydroxylation is 1. The van der Waals surface area contributed by atoms with Gasteiger partial charge in [0, 0.05) is 0 Å². The number of carbonyl (C=O) groups is 1. The van der Waals surface area contributed by atoms with Gasteiger partial charge in [-0.15, -0.1) is 0 Å². The fraction of sp³-hybridized carbons (Fsp3) is 0.643. The van der Waals surface area contributed by atoms with Crippen LogP contribution >= 0.6 is 0 Å². The maximum atomic E-state index is 12.2. The van der Waals surface area contributed by atoms with Gasteiger partial charge in [-0.25, -0.2) is 0 Å². The van der Waals surface area contributed by atoms with Gasteiger partial charge in [-0.05, 0) is 19.8 Å². The Hall–Kier alpha value is -1.83. The van der Waals surface area contributed by atoms with Crippen molar-refractivity contribution in [1.29, 1.82) is 5.26 Å². The number of nitrogens with one attached hydrogen (secondary N) is 1. The molecule has 0 unspecified atom stereocenters. The van der Waals surface area contributed by atoms with Crippen LogP contribution in [0.2, 0.25) is 0 Å². The molecular weight excluding hydrogens is 242 g/mol. The highest BCUT2D eigenvalue weighted by molar-refractivity contribution is 5.95. The fourth-order valence-electron chi connectivity index (χ4n) is 2.57. The third-order valence-corrected chi connectivity index (χ3v) is 3.77. The maximum Gasteiger partial charge on any atom is 0.257 e. The zero-order chi connectivity index (χ0) is 13.7. The number of nitrogens with zero attached hydrogens (tertiary/aromatic N) is 2. The van der Waals surface area contributed by atoms with Crippen molar-refractivity contribution >= 4 is 5.91 Å². The molecule has 0 spiro atoms. The summed E-state index contributed by atoms with van der Waals surface area (Å²) in [6.45, 7) is 1.69. The molecule has 1 heterocycles. The van der Waals surface area contributed by atoms with E-state index in [4.69, 9.17) is 4.52 Å². The van der Waals surface area contributed by atoms with E-state index in [1.54, 1.807) is 6.92 Å². The van der Waals surface area contributed by atoms with E-state index in [0.29, 0.717) is 11.3 Å². The van der Waals surface area contributed by atoms with Crippen molar-refractivity contribution in [2.24, 2.45) is 0 Å². The molecule has 5 nitrogen and oxygen atoms in total. The number of hydrogen-bond donors (Lipinski definition) is 1. The predicted molar refractivity (Wildman–Crippen MR) is 69.4 cm³/mol. The summed E-state index contributed by atoms with van der Waals surface area (Å²) in [5, 5.41) is 16.0. The summed E-state index contributed by atoms with van der Waals surface area (Å²) < 4.78 is 4.89. The van der Waals surface area contributed by atoms with Crippen LogP contribution in [0, 0.1) is 18.3 Å². The van der Waals surface area contributed by atoms with E-state index in [-0.39, 0.29) is 5.91 Å². The zero-order valence-electron chi connectivity index (χ0n) is 11.2. The van der Waals surface area contributed by atoms with Crippen LogP contribution in [0.25, 0.3) is 0 Å². The minimum absolute atomic E-state index is 0.263. The highest BCUT2D eigenvalue weighted by Crippen LogP contribution is 2.26. The van der Waals surface area contributed by atoms with Gasteiger partial charge in [-0.1, -0.05) is 37.3 Å². The Morgan fingerprint density at radius 1 is 1.37 bits per heavy atom. The molecule has 0 bridgehead atoms. The number of aromatic nitrogens is 1. The highest BCUT2D eigenvalue weighted by Gasteiger charge is 2.33. The molecule has 102 valence electrons. The average Bonchev–Trinajstić information content (AvgIpc) is 2.79. The monoisotopic (exact) mass is 261 g/mol. The van der Waals surface area contributed by atoms with Gasteiger partial charge < -0.3 is 9.84 Å². The molecule has 1 saturated carbocycles. The first-order valence-corrected chi connectivity index (χ1v) is 6.82. The quantitative estimate of drug-likeness (QED) is 0.887. The molecule has 1 N–H and O–H groups in total. The Labute approximate surface area is 113 Å². The average molecular weight is 261 g/mol. The van der Waals surface area contributed by atoms with Crippen molar-refractivity contribution < 1.29 is 9.32 Å². The molecule has 1 aromatic rings. The number of amides is 1. The molecule has 1 aromatic heterocycles. The lowest BCUT2D eigenvalue weighted by Crippen LogP contribution is -2.47. The fourth-order valence-corrected chi connectivity index (χ4v) is 2.57.